The Morgan fingerprint density at radius 3 is 2.47 bits per heavy atom. The lowest BCUT2D eigenvalue weighted by Gasteiger charge is -2.20. The molecule has 30 heavy (non-hydrogen) atoms. The fraction of sp³-hybridized carbons (Fsp3) is 0.286. The normalized spacial score (nSPS) is 20.1. The van der Waals surface area contributed by atoms with Crippen LogP contribution in [0.25, 0.3) is 0 Å². The summed E-state index contributed by atoms with van der Waals surface area (Å²) in [6.45, 7) is 5.58. The van der Waals surface area contributed by atoms with E-state index in [0.717, 1.165) is 21.6 Å². The minimum atomic E-state index is -0.966. The number of nitrogens with one attached hydrogen (secondary N) is 1. The van der Waals surface area contributed by atoms with E-state index in [9.17, 15) is 14.4 Å². The number of halogens is 1. The van der Waals surface area contributed by atoms with E-state index < -0.39 is 23.9 Å². The topological polar surface area (TPSA) is 94.4 Å². The number of carbonyl (C=O) groups is 3. The summed E-state index contributed by atoms with van der Waals surface area (Å²) in [6.07, 6.45) is 0. The number of carbonyl (C=O) groups excluding carboxylic acids is 3. The summed E-state index contributed by atoms with van der Waals surface area (Å²) in [6, 6.07) is 8.66. The Morgan fingerprint density at radius 2 is 1.77 bits per heavy atom. The average Bonchev–Trinajstić information content (AvgIpc) is 3.21. The van der Waals surface area contributed by atoms with Crippen molar-refractivity contribution in [3.63, 3.8) is 0 Å². The smallest absolute Gasteiger partial charge is 0.263 e. The maximum atomic E-state index is 13.0. The molecule has 0 bridgehead atoms. The van der Waals surface area contributed by atoms with Crippen molar-refractivity contribution in [2.24, 2.45) is 10.3 Å². The molecule has 1 N–H and O–H groups in total. The second kappa shape index (κ2) is 7.53. The highest BCUT2D eigenvalue weighted by molar-refractivity contribution is 6.32. The molecular formula is C21H20ClN5O3. The summed E-state index contributed by atoms with van der Waals surface area (Å²) >= 11 is 6.15. The second-order valence-corrected chi connectivity index (χ2v) is 7.89. The van der Waals surface area contributed by atoms with Gasteiger partial charge in [-0.1, -0.05) is 29.0 Å². The van der Waals surface area contributed by atoms with Gasteiger partial charge in [-0.25, -0.2) is 4.90 Å². The third kappa shape index (κ3) is 3.43. The van der Waals surface area contributed by atoms with Gasteiger partial charge < -0.3 is 5.32 Å². The van der Waals surface area contributed by atoms with Gasteiger partial charge in [0.2, 0.25) is 5.91 Å². The quantitative estimate of drug-likeness (QED) is 0.761. The van der Waals surface area contributed by atoms with E-state index in [4.69, 9.17) is 11.6 Å². The summed E-state index contributed by atoms with van der Waals surface area (Å²) < 4.78 is 0. The van der Waals surface area contributed by atoms with Gasteiger partial charge >= 0.3 is 0 Å². The van der Waals surface area contributed by atoms with Gasteiger partial charge in [-0.15, -0.1) is 0 Å². The van der Waals surface area contributed by atoms with E-state index in [-0.39, 0.29) is 12.5 Å². The van der Waals surface area contributed by atoms with E-state index in [1.807, 2.05) is 39.0 Å². The average molecular weight is 426 g/mol. The molecule has 154 valence electrons. The highest BCUT2D eigenvalue weighted by atomic mass is 35.5. The Hall–Kier alpha value is -3.26. The molecule has 1 fully saturated rings. The first-order valence-electron chi connectivity index (χ1n) is 9.45. The molecule has 2 aromatic rings. The largest absolute Gasteiger partial charge is 0.324 e. The minimum absolute atomic E-state index is 0.195. The number of hydrogen-bond acceptors (Lipinski definition) is 6. The van der Waals surface area contributed by atoms with Crippen LogP contribution >= 0.6 is 11.6 Å². The third-order valence-corrected chi connectivity index (χ3v) is 5.77. The fourth-order valence-corrected chi connectivity index (χ4v) is 3.67. The molecule has 2 atom stereocenters. The van der Waals surface area contributed by atoms with Crippen molar-refractivity contribution in [1.29, 1.82) is 0 Å². The van der Waals surface area contributed by atoms with Gasteiger partial charge in [-0.3, -0.25) is 19.4 Å². The predicted molar refractivity (Wildman–Crippen MR) is 112 cm³/mol. The molecule has 0 unspecified atom stereocenters. The number of hydrogen-bond donors (Lipinski definition) is 1. The lowest BCUT2D eigenvalue weighted by molar-refractivity contribution is -0.123. The second-order valence-electron chi connectivity index (χ2n) is 7.48. The molecule has 0 saturated carbocycles. The van der Waals surface area contributed by atoms with E-state index >= 15 is 0 Å². The molecule has 8 nitrogen and oxygen atoms in total. The summed E-state index contributed by atoms with van der Waals surface area (Å²) in [7, 11) is 0. The van der Waals surface area contributed by atoms with Crippen LogP contribution in [0, 0.1) is 20.8 Å². The van der Waals surface area contributed by atoms with Crippen LogP contribution in [0.5, 0.6) is 0 Å². The van der Waals surface area contributed by atoms with Crippen molar-refractivity contribution < 1.29 is 14.4 Å². The Morgan fingerprint density at radius 1 is 1.03 bits per heavy atom. The Kier molecular flexibility index (Phi) is 5.03. The molecular weight excluding hydrogens is 406 g/mol. The molecule has 1 saturated heterocycles. The predicted octanol–water partition coefficient (Wildman–Crippen LogP) is 3.20. The molecule has 0 aliphatic carbocycles. The number of amides is 3. The van der Waals surface area contributed by atoms with Gasteiger partial charge in [0.15, 0.2) is 12.1 Å². The maximum absolute atomic E-state index is 13.0. The molecule has 2 aliphatic heterocycles. The van der Waals surface area contributed by atoms with Crippen molar-refractivity contribution in [1.82, 2.24) is 5.01 Å². The van der Waals surface area contributed by atoms with Crippen LogP contribution in [0.2, 0.25) is 5.02 Å². The number of benzene rings is 2. The molecule has 2 aliphatic rings. The Balaban J connectivity index is 1.49. The van der Waals surface area contributed by atoms with Crippen molar-refractivity contribution in [3.05, 3.63) is 58.1 Å². The zero-order valence-corrected chi connectivity index (χ0v) is 17.5. The number of rotatable bonds is 4. The van der Waals surface area contributed by atoms with Crippen LogP contribution in [-0.2, 0) is 14.4 Å². The Labute approximate surface area is 178 Å². The minimum Gasteiger partial charge on any atom is -0.324 e. The molecule has 9 heteroatoms. The first-order chi connectivity index (χ1) is 14.3. The molecule has 0 aromatic heterocycles. The summed E-state index contributed by atoms with van der Waals surface area (Å²) in [5.41, 5.74) is 4.04. The standard InChI is InChI=1S/C21H20ClN5O3/c1-11-4-6-14(8-13(11)3)23-17(28)10-26-19-18(24-25-26)20(29)27(21(19)30)15-7-5-12(2)16(22)9-15/h4-9,18-19H,10H2,1-3H3,(H,23,28)/t18-,19-/m0/s1. The first kappa shape index (κ1) is 20.0. The lowest BCUT2D eigenvalue weighted by Crippen LogP contribution is -2.43. The first-order valence-corrected chi connectivity index (χ1v) is 9.82. The summed E-state index contributed by atoms with van der Waals surface area (Å²) in [5, 5.41) is 12.3. The maximum Gasteiger partial charge on any atom is 0.263 e. The van der Waals surface area contributed by atoms with Crippen molar-refractivity contribution in [2.75, 3.05) is 16.8 Å². The van der Waals surface area contributed by atoms with E-state index in [2.05, 4.69) is 15.7 Å². The van der Waals surface area contributed by atoms with Gasteiger partial charge in [0.25, 0.3) is 11.8 Å². The highest BCUT2D eigenvalue weighted by Crippen LogP contribution is 2.33. The van der Waals surface area contributed by atoms with Gasteiger partial charge in [-0.05, 0) is 61.7 Å². The van der Waals surface area contributed by atoms with Crippen LogP contribution in [0.4, 0.5) is 11.4 Å². The van der Waals surface area contributed by atoms with Crippen LogP contribution in [0.1, 0.15) is 16.7 Å². The van der Waals surface area contributed by atoms with E-state index in [1.165, 1.54) is 5.01 Å². The zero-order chi connectivity index (χ0) is 21.6. The van der Waals surface area contributed by atoms with Crippen molar-refractivity contribution >= 4 is 40.7 Å². The van der Waals surface area contributed by atoms with Crippen molar-refractivity contribution in [2.45, 2.75) is 32.9 Å². The van der Waals surface area contributed by atoms with Crippen molar-refractivity contribution in [3.8, 4) is 0 Å². The summed E-state index contributed by atoms with van der Waals surface area (Å²) in [5.74, 6) is -1.31. The van der Waals surface area contributed by atoms with E-state index in [1.54, 1.807) is 18.2 Å². The lowest BCUT2D eigenvalue weighted by atomic mass is 10.1. The molecule has 2 aromatic carbocycles. The van der Waals surface area contributed by atoms with Gasteiger partial charge in [0, 0.05) is 10.7 Å². The highest BCUT2D eigenvalue weighted by Gasteiger charge is 2.55. The van der Waals surface area contributed by atoms with Crippen LogP contribution in [0.3, 0.4) is 0 Å². The SMILES string of the molecule is Cc1ccc(NC(=O)CN2N=N[C@@H]3C(=O)N(c4ccc(C)c(Cl)c4)C(=O)[C@H]32)cc1C. The zero-order valence-electron chi connectivity index (χ0n) is 16.7. The molecule has 0 spiro atoms. The number of imide groups is 1. The Bertz CT molecular complexity index is 1100. The number of anilines is 2. The van der Waals surface area contributed by atoms with Crippen LogP contribution in [0.15, 0.2) is 46.7 Å². The molecule has 0 radical (unpaired) electrons. The molecule has 2 heterocycles. The summed E-state index contributed by atoms with van der Waals surface area (Å²) in [4.78, 5) is 39.3. The number of aryl methyl sites for hydroxylation is 3. The monoisotopic (exact) mass is 425 g/mol. The fourth-order valence-electron chi connectivity index (χ4n) is 3.50. The molecule has 3 amide bonds. The van der Waals surface area contributed by atoms with Gasteiger partial charge in [-0.2, -0.15) is 5.11 Å². The van der Waals surface area contributed by atoms with Crippen LogP contribution in [-0.4, -0.2) is 41.4 Å². The van der Waals surface area contributed by atoms with Gasteiger partial charge in [0.05, 0.1) is 5.69 Å². The number of nitrogens with zero attached hydrogens (tertiary/aromatic N) is 4. The van der Waals surface area contributed by atoms with Crippen LogP contribution < -0.4 is 10.2 Å². The number of fused-ring (bicyclic) bond motifs is 1. The van der Waals surface area contributed by atoms with Gasteiger partial charge in [0.1, 0.15) is 6.54 Å². The van der Waals surface area contributed by atoms with E-state index in [0.29, 0.717) is 16.4 Å². The molecule has 4 rings (SSSR count). The third-order valence-electron chi connectivity index (χ3n) is 5.37.